The van der Waals surface area contributed by atoms with Crippen LogP contribution in [0.25, 0.3) is 10.8 Å². The van der Waals surface area contributed by atoms with Gasteiger partial charge in [0.15, 0.2) is 0 Å². The Morgan fingerprint density at radius 1 is 0.960 bits per heavy atom. The summed E-state index contributed by atoms with van der Waals surface area (Å²) in [5, 5.41) is 1.71. The Morgan fingerprint density at radius 2 is 1.60 bits per heavy atom. The van der Waals surface area contributed by atoms with Crippen molar-refractivity contribution in [3.8, 4) is 0 Å². The lowest BCUT2D eigenvalue weighted by Gasteiger charge is -2.18. The molecule has 0 saturated carbocycles. The zero-order valence-electron chi connectivity index (χ0n) is 16.0. The number of rotatable bonds is 7. The number of nitrogens with one attached hydrogen (secondary N) is 1. The summed E-state index contributed by atoms with van der Waals surface area (Å²) in [7, 11) is 0.410. The van der Waals surface area contributed by atoms with Gasteiger partial charge in [-0.1, -0.05) is 51.5 Å². The highest BCUT2D eigenvalue weighted by Gasteiger charge is 2.18. The number of sulfonamides is 1. The van der Waals surface area contributed by atoms with Gasteiger partial charge in [0, 0.05) is 37.1 Å². The summed E-state index contributed by atoms with van der Waals surface area (Å²) in [5.41, 5.74) is 1.30. The molecule has 1 N–H and O–H groups in total. The van der Waals surface area contributed by atoms with Gasteiger partial charge in [0.25, 0.3) is 0 Å². The van der Waals surface area contributed by atoms with Crippen LogP contribution in [0.3, 0.4) is 0 Å². The molecule has 0 unspecified atom stereocenters. The van der Waals surface area contributed by atoms with Crippen LogP contribution in [-0.2, 0) is 10.0 Å². The fourth-order valence-electron chi connectivity index (χ4n) is 2.95. The number of anilines is 1. The summed E-state index contributed by atoms with van der Waals surface area (Å²) in [6, 6.07) is 11.2. The van der Waals surface area contributed by atoms with Crippen molar-refractivity contribution in [2.75, 3.05) is 25.5 Å². The zero-order valence-corrected chi connectivity index (χ0v) is 16.8. The Labute approximate surface area is 152 Å². The predicted molar refractivity (Wildman–Crippen MR) is 107 cm³/mol. The first-order valence-electron chi connectivity index (χ1n) is 8.80. The average Bonchev–Trinajstić information content (AvgIpc) is 2.52. The van der Waals surface area contributed by atoms with Gasteiger partial charge in [-0.25, -0.2) is 13.1 Å². The molecule has 2 aromatic rings. The van der Waals surface area contributed by atoms with E-state index in [-0.39, 0.29) is 5.41 Å². The van der Waals surface area contributed by atoms with E-state index in [1.165, 1.54) is 0 Å². The Bertz CT molecular complexity index is 821. The van der Waals surface area contributed by atoms with E-state index in [0.717, 1.165) is 35.7 Å². The molecule has 0 bridgehead atoms. The minimum absolute atomic E-state index is 0.289. The Hall–Kier alpha value is -1.59. The molecule has 0 heterocycles. The van der Waals surface area contributed by atoms with E-state index in [0.29, 0.717) is 11.4 Å². The summed E-state index contributed by atoms with van der Waals surface area (Å²) in [6.45, 7) is 7.09. The van der Waals surface area contributed by atoms with Gasteiger partial charge in [-0.2, -0.15) is 0 Å². The van der Waals surface area contributed by atoms with Gasteiger partial charge in [-0.15, -0.1) is 0 Å². The topological polar surface area (TPSA) is 49.4 Å². The number of hydrogen-bond acceptors (Lipinski definition) is 3. The van der Waals surface area contributed by atoms with E-state index in [1.807, 2.05) is 49.3 Å². The van der Waals surface area contributed by atoms with Gasteiger partial charge >= 0.3 is 0 Å². The summed E-state index contributed by atoms with van der Waals surface area (Å²) < 4.78 is 28.3. The second-order valence-corrected chi connectivity index (χ2v) is 9.67. The Kier molecular flexibility index (Phi) is 6.12. The average molecular weight is 363 g/mol. The monoisotopic (exact) mass is 362 g/mol. The molecule has 0 aliphatic rings. The van der Waals surface area contributed by atoms with Crippen molar-refractivity contribution in [2.45, 2.75) is 44.9 Å². The van der Waals surface area contributed by atoms with E-state index in [9.17, 15) is 8.42 Å². The van der Waals surface area contributed by atoms with E-state index in [4.69, 9.17) is 0 Å². The molecule has 0 aliphatic heterocycles. The number of hydrogen-bond donors (Lipinski definition) is 1. The highest BCUT2D eigenvalue weighted by Crippen LogP contribution is 2.30. The summed E-state index contributed by atoms with van der Waals surface area (Å²) in [6.07, 6.45) is 2.96. The van der Waals surface area contributed by atoms with Crippen molar-refractivity contribution in [3.63, 3.8) is 0 Å². The lowest BCUT2D eigenvalue weighted by atomic mass is 9.90. The normalized spacial score (nSPS) is 12.5. The van der Waals surface area contributed by atoms with Gasteiger partial charge in [-0.05, 0) is 30.4 Å². The third kappa shape index (κ3) is 5.19. The van der Waals surface area contributed by atoms with Crippen LogP contribution in [0.5, 0.6) is 0 Å². The molecule has 0 amide bonds. The highest BCUT2D eigenvalue weighted by atomic mass is 32.2. The van der Waals surface area contributed by atoms with E-state index in [2.05, 4.69) is 25.5 Å². The van der Waals surface area contributed by atoms with Crippen molar-refractivity contribution in [1.29, 1.82) is 0 Å². The van der Waals surface area contributed by atoms with Crippen LogP contribution >= 0.6 is 0 Å². The van der Waals surface area contributed by atoms with E-state index in [1.54, 1.807) is 6.07 Å². The molecule has 138 valence electrons. The fraction of sp³-hybridized carbons (Fsp3) is 0.500. The van der Waals surface area contributed by atoms with Crippen molar-refractivity contribution >= 4 is 26.5 Å². The van der Waals surface area contributed by atoms with Crippen LogP contribution in [0.2, 0.25) is 0 Å². The lowest BCUT2D eigenvalue weighted by Crippen LogP contribution is -2.25. The maximum absolute atomic E-state index is 12.8. The molecule has 2 rings (SSSR count). The molecular formula is C20H30N2O2S. The number of nitrogens with zero attached hydrogens (tertiary/aromatic N) is 1. The zero-order chi connectivity index (χ0) is 18.7. The Balaban J connectivity index is 2.18. The largest absolute Gasteiger partial charge is 0.377 e. The van der Waals surface area contributed by atoms with Crippen LogP contribution in [0.4, 0.5) is 5.69 Å². The highest BCUT2D eigenvalue weighted by molar-refractivity contribution is 7.89. The van der Waals surface area contributed by atoms with Crippen molar-refractivity contribution in [3.05, 3.63) is 36.4 Å². The lowest BCUT2D eigenvalue weighted by molar-refractivity contribution is 0.360. The molecule has 0 saturated heterocycles. The number of unbranched alkanes of at least 4 members (excludes halogenated alkanes) is 1. The first-order chi connectivity index (χ1) is 11.6. The molecule has 25 heavy (non-hydrogen) atoms. The first-order valence-corrected chi connectivity index (χ1v) is 10.3. The molecule has 0 aromatic heterocycles. The Morgan fingerprint density at radius 3 is 2.24 bits per heavy atom. The predicted octanol–water partition coefficient (Wildman–Crippen LogP) is 4.40. The minimum atomic E-state index is -3.51. The van der Waals surface area contributed by atoms with Crippen molar-refractivity contribution in [2.24, 2.45) is 5.41 Å². The maximum Gasteiger partial charge on any atom is 0.241 e. The smallest absolute Gasteiger partial charge is 0.241 e. The van der Waals surface area contributed by atoms with E-state index >= 15 is 0 Å². The fourth-order valence-corrected chi connectivity index (χ4v) is 4.25. The van der Waals surface area contributed by atoms with Crippen LogP contribution in [0.1, 0.15) is 40.0 Å². The molecule has 0 radical (unpaired) electrons. The van der Waals surface area contributed by atoms with Gasteiger partial charge in [0.1, 0.15) is 0 Å². The molecule has 5 heteroatoms. The van der Waals surface area contributed by atoms with Gasteiger partial charge in [0.05, 0.1) is 4.90 Å². The molecule has 4 nitrogen and oxygen atoms in total. The van der Waals surface area contributed by atoms with Crippen molar-refractivity contribution in [1.82, 2.24) is 4.72 Å². The first kappa shape index (κ1) is 19.7. The number of benzene rings is 2. The molecule has 0 atom stereocenters. The van der Waals surface area contributed by atoms with Crippen LogP contribution < -0.4 is 9.62 Å². The SMILES string of the molecule is CN(C)c1cccc2c(S(=O)(=O)NCCCCC(C)(C)C)cccc12. The van der Waals surface area contributed by atoms with Crippen LogP contribution in [-0.4, -0.2) is 29.1 Å². The maximum atomic E-state index is 12.8. The second kappa shape index (κ2) is 7.75. The van der Waals surface area contributed by atoms with Gasteiger partial charge < -0.3 is 4.90 Å². The van der Waals surface area contributed by atoms with Gasteiger partial charge in [-0.3, -0.25) is 0 Å². The summed E-state index contributed by atoms with van der Waals surface area (Å²) in [5.74, 6) is 0. The van der Waals surface area contributed by atoms with Crippen LogP contribution in [0.15, 0.2) is 41.3 Å². The molecule has 0 aliphatic carbocycles. The second-order valence-electron chi connectivity index (χ2n) is 7.94. The third-order valence-corrected chi connectivity index (χ3v) is 5.80. The standard InChI is InChI=1S/C20H30N2O2S/c1-20(2,3)14-6-7-15-21-25(23,24)19-13-9-10-16-17(19)11-8-12-18(16)22(4)5/h8-13,21H,6-7,14-15H2,1-5H3. The number of fused-ring (bicyclic) bond motifs is 1. The quantitative estimate of drug-likeness (QED) is 0.743. The third-order valence-electron chi connectivity index (χ3n) is 4.28. The molecule has 0 spiro atoms. The van der Waals surface area contributed by atoms with Crippen molar-refractivity contribution < 1.29 is 8.42 Å². The summed E-state index contributed by atoms with van der Waals surface area (Å²) >= 11 is 0. The molecular weight excluding hydrogens is 332 g/mol. The molecule has 2 aromatic carbocycles. The van der Waals surface area contributed by atoms with E-state index < -0.39 is 10.0 Å². The summed E-state index contributed by atoms with van der Waals surface area (Å²) in [4.78, 5) is 2.35. The van der Waals surface area contributed by atoms with Crippen LogP contribution in [0, 0.1) is 5.41 Å². The minimum Gasteiger partial charge on any atom is -0.377 e. The van der Waals surface area contributed by atoms with Gasteiger partial charge in [0.2, 0.25) is 10.0 Å². The molecule has 0 fully saturated rings.